The van der Waals surface area contributed by atoms with Gasteiger partial charge in [-0.3, -0.25) is 9.59 Å². The quantitative estimate of drug-likeness (QED) is 0.589. The van der Waals surface area contributed by atoms with Crippen LogP contribution in [0.5, 0.6) is 0 Å². The number of benzene rings is 1. The van der Waals surface area contributed by atoms with E-state index in [1.807, 2.05) is 19.9 Å². The molecule has 0 saturated heterocycles. The van der Waals surface area contributed by atoms with Crippen molar-refractivity contribution in [2.45, 2.75) is 60.2 Å². The fraction of sp³-hybridized carbons (Fsp3) is 0.391. The third kappa shape index (κ3) is 4.52. The van der Waals surface area contributed by atoms with E-state index in [4.69, 9.17) is 4.74 Å². The topological polar surface area (TPSA) is 108 Å². The van der Waals surface area contributed by atoms with E-state index < -0.39 is 5.97 Å². The Kier molecular flexibility index (Phi) is 6.29. The number of hydrogen-bond acceptors (Lipinski definition) is 5. The Labute approximate surface area is 180 Å². The molecule has 164 valence electrons. The second-order valence-corrected chi connectivity index (χ2v) is 8.14. The number of hydrogen-bond donors (Lipinski definition) is 2. The Morgan fingerprint density at radius 1 is 1.10 bits per heavy atom. The molecule has 8 heteroatoms. The van der Waals surface area contributed by atoms with Crippen LogP contribution in [0.15, 0.2) is 29.1 Å². The molecule has 31 heavy (non-hydrogen) atoms. The highest BCUT2D eigenvalue weighted by molar-refractivity contribution is 6.00. The van der Waals surface area contributed by atoms with Crippen molar-refractivity contribution in [1.29, 1.82) is 0 Å². The smallest absolute Gasteiger partial charge is 0.340 e. The first-order valence-electron chi connectivity index (χ1n) is 10.3. The van der Waals surface area contributed by atoms with E-state index in [1.54, 1.807) is 50.8 Å². The Balaban J connectivity index is 1.95. The molecule has 3 rings (SSSR count). The van der Waals surface area contributed by atoms with Crippen LogP contribution in [0.1, 0.15) is 65.6 Å². The van der Waals surface area contributed by atoms with Gasteiger partial charge in [-0.05, 0) is 59.2 Å². The molecule has 3 aromatic rings. The van der Waals surface area contributed by atoms with Crippen LogP contribution in [-0.2, 0) is 11.3 Å². The third-order valence-electron chi connectivity index (χ3n) is 5.06. The Morgan fingerprint density at radius 2 is 1.77 bits per heavy atom. The van der Waals surface area contributed by atoms with Crippen LogP contribution < -0.4 is 5.56 Å². The zero-order valence-electron chi connectivity index (χ0n) is 18.7. The summed E-state index contributed by atoms with van der Waals surface area (Å²) in [5.74, 6) is -0.349. The molecule has 2 heterocycles. The van der Waals surface area contributed by atoms with Crippen LogP contribution >= 0.6 is 0 Å². The van der Waals surface area contributed by atoms with Crippen molar-refractivity contribution in [2.75, 3.05) is 0 Å². The van der Waals surface area contributed by atoms with Gasteiger partial charge in [0.15, 0.2) is 0 Å². The van der Waals surface area contributed by atoms with Crippen LogP contribution in [-0.4, -0.2) is 43.9 Å². The summed E-state index contributed by atoms with van der Waals surface area (Å²) in [5.41, 5.74) is 2.14. The predicted molar refractivity (Wildman–Crippen MR) is 118 cm³/mol. The highest BCUT2D eigenvalue weighted by Gasteiger charge is 2.28. The van der Waals surface area contributed by atoms with Crippen molar-refractivity contribution in [2.24, 2.45) is 0 Å². The van der Waals surface area contributed by atoms with E-state index in [-0.39, 0.29) is 30.2 Å². The standard InChI is InChI=1S/C23H28N4O4/c1-12(2)27(11-18-25-17-10-8-7-9-16(17)21(28)26-18)22(29)20-14(5)19(15(6)24-20)23(30)31-13(3)4/h7-10,12-13,24H,11H2,1-6H3,(H,25,26,28). The molecule has 0 radical (unpaired) electrons. The summed E-state index contributed by atoms with van der Waals surface area (Å²) in [6, 6.07) is 6.90. The lowest BCUT2D eigenvalue weighted by molar-refractivity contribution is 0.0376. The highest BCUT2D eigenvalue weighted by atomic mass is 16.5. The fourth-order valence-electron chi connectivity index (χ4n) is 3.55. The molecule has 0 aliphatic carbocycles. The summed E-state index contributed by atoms with van der Waals surface area (Å²) >= 11 is 0. The maximum atomic E-state index is 13.4. The molecule has 0 fully saturated rings. The van der Waals surface area contributed by atoms with Gasteiger partial charge >= 0.3 is 5.97 Å². The van der Waals surface area contributed by atoms with Gasteiger partial charge in [-0.15, -0.1) is 0 Å². The van der Waals surface area contributed by atoms with Crippen LogP contribution in [0.2, 0.25) is 0 Å². The second-order valence-electron chi connectivity index (χ2n) is 8.14. The molecule has 2 N–H and O–H groups in total. The lowest BCUT2D eigenvalue weighted by atomic mass is 10.1. The lowest BCUT2D eigenvalue weighted by Crippen LogP contribution is -2.38. The number of fused-ring (bicyclic) bond motifs is 1. The van der Waals surface area contributed by atoms with Crippen LogP contribution in [0.25, 0.3) is 10.9 Å². The minimum Gasteiger partial charge on any atom is -0.459 e. The molecule has 0 bridgehead atoms. The predicted octanol–water partition coefficient (Wildman–Crippen LogP) is 3.48. The van der Waals surface area contributed by atoms with Gasteiger partial charge < -0.3 is 19.6 Å². The molecular formula is C23H28N4O4. The van der Waals surface area contributed by atoms with Gasteiger partial charge in [0.1, 0.15) is 11.5 Å². The van der Waals surface area contributed by atoms with E-state index >= 15 is 0 Å². The number of aromatic amines is 2. The Morgan fingerprint density at radius 3 is 2.42 bits per heavy atom. The summed E-state index contributed by atoms with van der Waals surface area (Å²) in [5, 5.41) is 0.498. The molecule has 0 unspecified atom stereocenters. The number of carbonyl (C=O) groups is 2. The number of rotatable bonds is 6. The number of para-hydroxylation sites is 1. The van der Waals surface area contributed by atoms with E-state index in [1.165, 1.54) is 0 Å². The normalized spacial score (nSPS) is 11.4. The highest BCUT2D eigenvalue weighted by Crippen LogP contribution is 2.22. The van der Waals surface area contributed by atoms with Crippen LogP contribution in [0.4, 0.5) is 0 Å². The van der Waals surface area contributed by atoms with Crippen molar-refractivity contribution in [1.82, 2.24) is 19.9 Å². The minimum absolute atomic E-state index is 0.125. The minimum atomic E-state index is -0.461. The summed E-state index contributed by atoms with van der Waals surface area (Å²) < 4.78 is 5.32. The summed E-state index contributed by atoms with van der Waals surface area (Å²) in [4.78, 5) is 50.2. The molecular weight excluding hydrogens is 396 g/mol. The lowest BCUT2D eigenvalue weighted by Gasteiger charge is -2.26. The Hall–Kier alpha value is -3.42. The van der Waals surface area contributed by atoms with Gasteiger partial charge in [0.05, 0.1) is 29.1 Å². The molecule has 8 nitrogen and oxygen atoms in total. The molecule has 1 aromatic carbocycles. The Bertz CT molecular complexity index is 1190. The van der Waals surface area contributed by atoms with Crippen molar-refractivity contribution in [3.05, 3.63) is 63.0 Å². The molecule has 0 saturated carbocycles. The number of carbonyl (C=O) groups excluding carboxylic acids is 2. The van der Waals surface area contributed by atoms with Crippen LogP contribution in [0, 0.1) is 13.8 Å². The van der Waals surface area contributed by atoms with E-state index in [0.29, 0.717) is 39.2 Å². The van der Waals surface area contributed by atoms with Gasteiger partial charge in [-0.25, -0.2) is 9.78 Å². The first kappa shape index (κ1) is 22.3. The van der Waals surface area contributed by atoms with Crippen molar-refractivity contribution < 1.29 is 14.3 Å². The second kappa shape index (κ2) is 8.75. The average molecular weight is 425 g/mol. The van der Waals surface area contributed by atoms with Crippen molar-refractivity contribution in [3.8, 4) is 0 Å². The summed E-state index contributed by atoms with van der Waals surface area (Å²) in [6.45, 7) is 10.9. The number of amides is 1. The number of aryl methyl sites for hydroxylation is 1. The first-order valence-corrected chi connectivity index (χ1v) is 10.3. The number of esters is 1. The molecule has 1 amide bonds. The number of nitrogens with one attached hydrogen (secondary N) is 2. The number of ether oxygens (including phenoxy) is 1. The third-order valence-corrected chi connectivity index (χ3v) is 5.06. The molecule has 0 spiro atoms. The first-order chi connectivity index (χ1) is 14.6. The molecule has 0 aliphatic heterocycles. The van der Waals surface area contributed by atoms with Gasteiger partial charge in [0, 0.05) is 11.7 Å². The molecule has 0 aliphatic rings. The van der Waals surface area contributed by atoms with Gasteiger partial charge in [-0.1, -0.05) is 12.1 Å². The maximum absolute atomic E-state index is 13.4. The van der Waals surface area contributed by atoms with Gasteiger partial charge in [0.2, 0.25) is 0 Å². The zero-order chi connectivity index (χ0) is 22.9. The zero-order valence-corrected chi connectivity index (χ0v) is 18.7. The molecule has 0 atom stereocenters. The van der Waals surface area contributed by atoms with Crippen molar-refractivity contribution in [3.63, 3.8) is 0 Å². The summed E-state index contributed by atoms with van der Waals surface area (Å²) in [7, 11) is 0. The maximum Gasteiger partial charge on any atom is 0.340 e. The van der Waals surface area contributed by atoms with Crippen molar-refractivity contribution >= 4 is 22.8 Å². The number of nitrogens with zero attached hydrogens (tertiary/aromatic N) is 2. The number of aromatic nitrogens is 3. The van der Waals surface area contributed by atoms with E-state index in [9.17, 15) is 14.4 Å². The fourth-order valence-corrected chi connectivity index (χ4v) is 3.55. The van der Waals surface area contributed by atoms with E-state index in [0.717, 1.165) is 0 Å². The average Bonchev–Trinajstić information content (AvgIpc) is 2.99. The van der Waals surface area contributed by atoms with Crippen LogP contribution in [0.3, 0.4) is 0 Å². The summed E-state index contributed by atoms with van der Waals surface area (Å²) in [6.07, 6.45) is -0.261. The van der Waals surface area contributed by atoms with Gasteiger partial charge in [0.25, 0.3) is 11.5 Å². The van der Waals surface area contributed by atoms with E-state index in [2.05, 4.69) is 15.0 Å². The van der Waals surface area contributed by atoms with Gasteiger partial charge in [-0.2, -0.15) is 0 Å². The molecule has 2 aromatic heterocycles. The number of H-pyrrole nitrogens is 2. The SMILES string of the molecule is Cc1[nH]c(C(=O)N(Cc2nc3ccccc3c(=O)[nH]2)C(C)C)c(C)c1C(=O)OC(C)C. The largest absolute Gasteiger partial charge is 0.459 e. The monoisotopic (exact) mass is 424 g/mol.